The Labute approximate surface area is 135 Å². The van der Waals surface area contributed by atoms with E-state index in [1.165, 1.54) is 12.4 Å². The molecule has 5 nitrogen and oxygen atoms in total. The van der Waals surface area contributed by atoms with Crippen molar-refractivity contribution in [1.29, 1.82) is 0 Å². The lowest BCUT2D eigenvalue weighted by Gasteiger charge is -2.12. The fourth-order valence-electron chi connectivity index (χ4n) is 2.04. The summed E-state index contributed by atoms with van der Waals surface area (Å²) >= 11 is 6.24. The van der Waals surface area contributed by atoms with E-state index in [1.807, 2.05) is 39.8 Å². The topological polar surface area (TPSA) is 66.9 Å². The molecule has 2 N–H and O–H groups in total. The summed E-state index contributed by atoms with van der Waals surface area (Å²) in [7, 11) is 0. The Kier molecular flexibility index (Phi) is 4.98. The second kappa shape index (κ2) is 6.75. The summed E-state index contributed by atoms with van der Waals surface area (Å²) in [5.74, 6) is 0.209. The first-order valence-electron chi connectivity index (χ1n) is 7.03. The number of nitrogens with one attached hydrogen (secondary N) is 2. The number of hydrogen-bond donors (Lipinski definition) is 2. The van der Waals surface area contributed by atoms with Crippen LogP contribution in [0.25, 0.3) is 0 Å². The van der Waals surface area contributed by atoms with Crippen molar-refractivity contribution in [2.24, 2.45) is 0 Å². The van der Waals surface area contributed by atoms with Crippen LogP contribution in [0.5, 0.6) is 0 Å². The van der Waals surface area contributed by atoms with E-state index >= 15 is 0 Å². The Bertz CT molecular complexity index is 660. The third kappa shape index (κ3) is 3.95. The molecule has 0 aliphatic rings. The Balaban J connectivity index is 2.17. The molecule has 1 aromatic carbocycles. The summed E-state index contributed by atoms with van der Waals surface area (Å²) in [4.78, 5) is 20.2. The predicted octanol–water partition coefficient (Wildman–Crippen LogP) is 3.63. The Hall–Kier alpha value is -2.14. The number of carbonyl (C=O) groups is 1. The molecule has 2 rings (SSSR count). The highest BCUT2D eigenvalue weighted by Gasteiger charge is 2.10. The number of hydrogen-bond acceptors (Lipinski definition) is 4. The molecule has 0 bridgehead atoms. The molecule has 0 radical (unpaired) electrons. The van der Waals surface area contributed by atoms with Crippen LogP contribution < -0.4 is 10.6 Å². The summed E-state index contributed by atoms with van der Waals surface area (Å²) in [5.41, 5.74) is 3.29. The number of nitrogens with zero attached hydrogens (tertiary/aromatic N) is 2. The number of aryl methyl sites for hydroxylation is 2. The maximum absolute atomic E-state index is 11.8. The summed E-state index contributed by atoms with van der Waals surface area (Å²) in [5, 5.41) is 6.49. The van der Waals surface area contributed by atoms with Crippen LogP contribution in [-0.2, 0) is 0 Å². The summed E-state index contributed by atoms with van der Waals surface area (Å²) in [6.07, 6.45) is 2.98. The molecule has 0 atom stereocenters. The van der Waals surface area contributed by atoms with E-state index in [1.54, 1.807) is 0 Å². The van der Waals surface area contributed by atoms with Gasteiger partial charge in [0.25, 0.3) is 5.91 Å². The van der Waals surface area contributed by atoms with E-state index < -0.39 is 0 Å². The zero-order valence-corrected chi connectivity index (χ0v) is 13.8. The first kappa shape index (κ1) is 16.2. The lowest BCUT2D eigenvalue weighted by atomic mass is 10.1. The quantitative estimate of drug-likeness (QED) is 0.903. The average Bonchev–Trinajstić information content (AvgIpc) is 2.42. The molecule has 22 heavy (non-hydrogen) atoms. The molecule has 0 saturated heterocycles. The molecule has 0 unspecified atom stereocenters. The number of benzene rings is 1. The third-order valence-corrected chi connectivity index (χ3v) is 3.30. The molecule has 2 aromatic rings. The molecule has 0 aliphatic carbocycles. The van der Waals surface area contributed by atoms with Crippen molar-refractivity contribution in [3.8, 4) is 0 Å². The molecule has 116 valence electrons. The van der Waals surface area contributed by atoms with Gasteiger partial charge in [-0.15, -0.1) is 0 Å². The zero-order valence-electron chi connectivity index (χ0n) is 13.1. The van der Waals surface area contributed by atoms with Crippen molar-refractivity contribution in [2.75, 3.05) is 5.32 Å². The van der Waals surface area contributed by atoms with Gasteiger partial charge in [-0.2, -0.15) is 0 Å². The van der Waals surface area contributed by atoms with Crippen LogP contribution in [0, 0.1) is 13.8 Å². The molecule has 0 aliphatic heterocycles. The van der Waals surface area contributed by atoms with Gasteiger partial charge in [-0.05, 0) is 44.9 Å². The van der Waals surface area contributed by atoms with Crippen LogP contribution in [0.4, 0.5) is 11.6 Å². The van der Waals surface area contributed by atoms with Gasteiger partial charge in [-0.1, -0.05) is 17.7 Å². The molecule has 0 fully saturated rings. The zero-order chi connectivity index (χ0) is 16.3. The molecule has 1 amide bonds. The van der Waals surface area contributed by atoms with Gasteiger partial charge in [-0.25, -0.2) is 9.97 Å². The van der Waals surface area contributed by atoms with E-state index in [0.29, 0.717) is 16.5 Å². The van der Waals surface area contributed by atoms with Crippen LogP contribution in [0.3, 0.4) is 0 Å². The maximum atomic E-state index is 11.8. The molecule has 6 heteroatoms. The molecule has 0 saturated carbocycles. The van der Waals surface area contributed by atoms with Crippen molar-refractivity contribution < 1.29 is 4.79 Å². The lowest BCUT2D eigenvalue weighted by Crippen LogP contribution is -2.30. The SMILES string of the molecule is Cc1cc(C)c(Nc2ncc(C(=O)NC(C)C)cn2)c(Cl)c1. The van der Waals surface area contributed by atoms with Gasteiger partial charge in [0.1, 0.15) is 0 Å². The van der Waals surface area contributed by atoms with E-state index in [2.05, 4.69) is 20.6 Å². The minimum Gasteiger partial charge on any atom is -0.350 e. The van der Waals surface area contributed by atoms with Crippen molar-refractivity contribution in [2.45, 2.75) is 33.7 Å². The first-order chi connectivity index (χ1) is 10.4. The van der Waals surface area contributed by atoms with Crippen molar-refractivity contribution in [1.82, 2.24) is 15.3 Å². The standard InChI is InChI=1S/C16H19ClN4O/c1-9(2)20-15(22)12-7-18-16(19-8-12)21-14-11(4)5-10(3)6-13(14)17/h5-9H,1-4H3,(H,20,22)(H,18,19,21). The van der Waals surface area contributed by atoms with E-state index in [-0.39, 0.29) is 11.9 Å². The van der Waals surface area contributed by atoms with Crippen LogP contribution in [0.1, 0.15) is 35.3 Å². The van der Waals surface area contributed by atoms with Gasteiger partial charge in [-0.3, -0.25) is 4.79 Å². The van der Waals surface area contributed by atoms with Crippen LogP contribution >= 0.6 is 11.6 Å². The number of anilines is 2. The van der Waals surface area contributed by atoms with Gasteiger partial charge < -0.3 is 10.6 Å². The van der Waals surface area contributed by atoms with Gasteiger partial charge >= 0.3 is 0 Å². The average molecular weight is 319 g/mol. The fourth-order valence-corrected chi connectivity index (χ4v) is 2.41. The van der Waals surface area contributed by atoms with E-state index in [0.717, 1.165) is 16.8 Å². The number of carbonyl (C=O) groups excluding carboxylic acids is 1. The van der Waals surface area contributed by atoms with E-state index in [4.69, 9.17) is 11.6 Å². The van der Waals surface area contributed by atoms with Crippen molar-refractivity contribution in [3.05, 3.63) is 46.2 Å². The smallest absolute Gasteiger partial charge is 0.254 e. The predicted molar refractivity (Wildman–Crippen MR) is 88.8 cm³/mol. The van der Waals surface area contributed by atoms with Gasteiger partial charge in [0, 0.05) is 18.4 Å². The molecule has 1 heterocycles. The van der Waals surface area contributed by atoms with Gasteiger partial charge in [0.05, 0.1) is 16.3 Å². The molecule has 0 spiro atoms. The molecular formula is C16H19ClN4O. The third-order valence-electron chi connectivity index (χ3n) is 3.00. The number of aromatic nitrogens is 2. The number of rotatable bonds is 4. The first-order valence-corrected chi connectivity index (χ1v) is 7.41. The Morgan fingerprint density at radius 1 is 1.18 bits per heavy atom. The Morgan fingerprint density at radius 2 is 1.82 bits per heavy atom. The van der Waals surface area contributed by atoms with Crippen molar-refractivity contribution in [3.63, 3.8) is 0 Å². The summed E-state index contributed by atoms with van der Waals surface area (Å²) in [6, 6.07) is 3.97. The van der Waals surface area contributed by atoms with Crippen LogP contribution in [0.2, 0.25) is 5.02 Å². The summed E-state index contributed by atoms with van der Waals surface area (Å²) in [6.45, 7) is 7.75. The minimum absolute atomic E-state index is 0.0688. The molecule has 1 aromatic heterocycles. The largest absolute Gasteiger partial charge is 0.350 e. The number of halogens is 1. The second-order valence-electron chi connectivity index (χ2n) is 5.49. The normalized spacial score (nSPS) is 10.6. The van der Waals surface area contributed by atoms with Crippen LogP contribution in [-0.4, -0.2) is 21.9 Å². The second-order valence-corrected chi connectivity index (χ2v) is 5.89. The fraction of sp³-hybridized carbons (Fsp3) is 0.312. The van der Waals surface area contributed by atoms with Gasteiger partial charge in [0.2, 0.25) is 5.95 Å². The van der Waals surface area contributed by atoms with Crippen LogP contribution in [0.15, 0.2) is 24.5 Å². The highest BCUT2D eigenvalue weighted by Crippen LogP contribution is 2.29. The van der Waals surface area contributed by atoms with Gasteiger partial charge in [0.15, 0.2) is 0 Å². The monoisotopic (exact) mass is 318 g/mol. The number of amides is 1. The molecular weight excluding hydrogens is 300 g/mol. The maximum Gasteiger partial charge on any atom is 0.254 e. The lowest BCUT2D eigenvalue weighted by molar-refractivity contribution is 0.0942. The highest BCUT2D eigenvalue weighted by molar-refractivity contribution is 6.33. The summed E-state index contributed by atoms with van der Waals surface area (Å²) < 4.78 is 0. The highest BCUT2D eigenvalue weighted by atomic mass is 35.5. The minimum atomic E-state index is -0.189. The Morgan fingerprint density at radius 3 is 2.36 bits per heavy atom. The van der Waals surface area contributed by atoms with Crippen molar-refractivity contribution >= 4 is 29.1 Å². The van der Waals surface area contributed by atoms with E-state index in [9.17, 15) is 4.79 Å².